The van der Waals surface area contributed by atoms with Crippen LogP contribution in [0.4, 0.5) is 0 Å². The maximum Gasteiger partial charge on any atom is 0.0278 e. The Labute approximate surface area is 121 Å². The summed E-state index contributed by atoms with van der Waals surface area (Å²) in [5.41, 5.74) is 0.341. The number of nitrogens with zero attached hydrogens (tertiary/aromatic N) is 1. The highest BCUT2D eigenvalue weighted by atomic mass is 15.3. The predicted molar refractivity (Wildman–Crippen MR) is 85.7 cm³/mol. The summed E-state index contributed by atoms with van der Waals surface area (Å²) in [7, 11) is 0. The van der Waals surface area contributed by atoms with Gasteiger partial charge in [0.2, 0.25) is 0 Å². The van der Waals surface area contributed by atoms with Gasteiger partial charge >= 0.3 is 0 Å². The van der Waals surface area contributed by atoms with Crippen LogP contribution in [0.1, 0.15) is 79.1 Å². The highest BCUT2D eigenvalue weighted by Crippen LogP contribution is 2.19. The standard InChI is InChI=1S/C17H36N2/c1-5-6-7-8-9-10-11-12-13-19-14-16(2)18-15-17(19,3)4/h16,18H,5-15H2,1-4H3. The van der Waals surface area contributed by atoms with E-state index in [1.54, 1.807) is 0 Å². The van der Waals surface area contributed by atoms with Crippen molar-refractivity contribution >= 4 is 0 Å². The molecule has 114 valence electrons. The third-order valence-electron chi connectivity index (χ3n) is 4.52. The molecular weight excluding hydrogens is 232 g/mol. The molecule has 1 fully saturated rings. The van der Waals surface area contributed by atoms with E-state index in [-0.39, 0.29) is 0 Å². The van der Waals surface area contributed by atoms with E-state index in [1.807, 2.05) is 0 Å². The molecule has 0 amide bonds. The molecule has 1 unspecified atom stereocenters. The van der Waals surface area contributed by atoms with Crippen LogP contribution < -0.4 is 5.32 Å². The first-order valence-electron chi connectivity index (χ1n) is 8.54. The normalized spacial score (nSPS) is 23.7. The first-order chi connectivity index (χ1) is 9.06. The van der Waals surface area contributed by atoms with Crippen LogP contribution in [0, 0.1) is 0 Å². The molecular formula is C17H36N2. The molecule has 0 aromatic rings. The molecule has 19 heavy (non-hydrogen) atoms. The van der Waals surface area contributed by atoms with Gasteiger partial charge in [0.1, 0.15) is 0 Å². The smallest absolute Gasteiger partial charge is 0.0278 e. The molecule has 1 aliphatic heterocycles. The van der Waals surface area contributed by atoms with E-state index in [0.29, 0.717) is 11.6 Å². The Bertz CT molecular complexity index is 225. The summed E-state index contributed by atoms with van der Waals surface area (Å²) in [6.45, 7) is 13.0. The van der Waals surface area contributed by atoms with Crippen LogP contribution in [0.3, 0.4) is 0 Å². The van der Waals surface area contributed by atoms with E-state index in [0.717, 1.165) is 6.54 Å². The Hall–Kier alpha value is -0.0800. The maximum atomic E-state index is 3.59. The largest absolute Gasteiger partial charge is 0.311 e. The summed E-state index contributed by atoms with van der Waals surface area (Å²) in [4.78, 5) is 2.69. The van der Waals surface area contributed by atoms with Crippen molar-refractivity contribution in [2.75, 3.05) is 19.6 Å². The van der Waals surface area contributed by atoms with Crippen molar-refractivity contribution in [2.45, 2.75) is 90.6 Å². The summed E-state index contributed by atoms with van der Waals surface area (Å²) in [6, 6.07) is 0.655. The zero-order valence-corrected chi connectivity index (χ0v) is 13.8. The fourth-order valence-corrected chi connectivity index (χ4v) is 3.01. The van der Waals surface area contributed by atoms with Crippen molar-refractivity contribution in [3.05, 3.63) is 0 Å². The number of unbranched alkanes of at least 4 members (excludes halogenated alkanes) is 7. The molecule has 0 spiro atoms. The second-order valence-corrected chi connectivity index (χ2v) is 7.02. The molecule has 0 aromatic heterocycles. The van der Waals surface area contributed by atoms with Gasteiger partial charge in [-0.3, -0.25) is 4.90 Å². The van der Waals surface area contributed by atoms with Crippen molar-refractivity contribution in [3.8, 4) is 0 Å². The first kappa shape index (κ1) is 17.0. The van der Waals surface area contributed by atoms with Crippen molar-refractivity contribution in [1.29, 1.82) is 0 Å². The molecule has 0 bridgehead atoms. The molecule has 1 N–H and O–H groups in total. The molecule has 1 heterocycles. The minimum Gasteiger partial charge on any atom is -0.311 e. The van der Waals surface area contributed by atoms with Gasteiger partial charge in [0, 0.05) is 24.7 Å². The summed E-state index contributed by atoms with van der Waals surface area (Å²) in [6.07, 6.45) is 11.4. The van der Waals surface area contributed by atoms with Crippen LogP contribution in [0.2, 0.25) is 0 Å². The predicted octanol–water partition coefficient (Wildman–Crippen LogP) is 4.20. The van der Waals surface area contributed by atoms with Crippen molar-refractivity contribution < 1.29 is 0 Å². The summed E-state index contributed by atoms with van der Waals surface area (Å²) in [5, 5.41) is 3.59. The van der Waals surface area contributed by atoms with E-state index < -0.39 is 0 Å². The van der Waals surface area contributed by atoms with Gasteiger partial charge in [-0.2, -0.15) is 0 Å². The van der Waals surface area contributed by atoms with Crippen LogP contribution in [0.25, 0.3) is 0 Å². The third-order valence-corrected chi connectivity index (χ3v) is 4.52. The fraction of sp³-hybridized carbons (Fsp3) is 1.00. The minimum atomic E-state index is 0.341. The van der Waals surface area contributed by atoms with Crippen LogP contribution in [0.5, 0.6) is 0 Å². The van der Waals surface area contributed by atoms with Gasteiger partial charge in [-0.05, 0) is 33.7 Å². The molecule has 0 aromatic carbocycles. The zero-order valence-electron chi connectivity index (χ0n) is 13.8. The average molecular weight is 268 g/mol. The van der Waals surface area contributed by atoms with E-state index in [4.69, 9.17) is 0 Å². The van der Waals surface area contributed by atoms with Gasteiger partial charge in [0.15, 0.2) is 0 Å². The van der Waals surface area contributed by atoms with Crippen molar-refractivity contribution in [2.24, 2.45) is 0 Å². The highest BCUT2D eigenvalue weighted by molar-refractivity contribution is 4.91. The minimum absolute atomic E-state index is 0.341. The first-order valence-corrected chi connectivity index (χ1v) is 8.54. The monoisotopic (exact) mass is 268 g/mol. The molecule has 1 saturated heterocycles. The van der Waals surface area contributed by atoms with Gasteiger partial charge in [-0.25, -0.2) is 0 Å². The van der Waals surface area contributed by atoms with Gasteiger partial charge in [0.05, 0.1) is 0 Å². The Balaban J connectivity index is 2.04. The van der Waals surface area contributed by atoms with Crippen molar-refractivity contribution in [1.82, 2.24) is 10.2 Å². The van der Waals surface area contributed by atoms with E-state index in [9.17, 15) is 0 Å². The molecule has 0 radical (unpaired) electrons. The van der Waals surface area contributed by atoms with E-state index in [1.165, 1.54) is 64.5 Å². The van der Waals surface area contributed by atoms with Crippen LogP contribution >= 0.6 is 0 Å². The Morgan fingerprint density at radius 1 is 1.00 bits per heavy atom. The lowest BCUT2D eigenvalue weighted by Crippen LogP contribution is -2.61. The van der Waals surface area contributed by atoms with E-state index >= 15 is 0 Å². The second-order valence-electron chi connectivity index (χ2n) is 7.02. The lowest BCUT2D eigenvalue weighted by Gasteiger charge is -2.45. The molecule has 1 aliphatic rings. The van der Waals surface area contributed by atoms with Crippen LogP contribution in [-0.4, -0.2) is 36.1 Å². The summed E-state index contributed by atoms with van der Waals surface area (Å²) >= 11 is 0. The Morgan fingerprint density at radius 3 is 2.21 bits per heavy atom. The Kier molecular flexibility index (Phi) is 8.01. The number of hydrogen-bond acceptors (Lipinski definition) is 2. The van der Waals surface area contributed by atoms with Gasteiger partial charge in [0.25, 0.3) is 0 Å². The number of rotatable bonds is 9. The maximum absolute atomic E-state index is 3.59. The molecule has 0 aliphatic carbocycles. The van der Waals surface area contributed by atoms with Crippen molar-refractivity contribution in [3.63, 3.8) is 0 Å². The lowest BCUT2D eigenvalue weighted by molar-refractivity contribution is 0.0684. The van der Waals surface area contributed by atoms with Gasteiger partial charge in [-0.15, -0.1) is 0 Å². The van der Waals surface area contributed by atoms with E-state index in [2.05, 4.69) is 37.9 Å². The average Bonchev–Trinajstić information content (AvgIpc) is 2.37. The summed E-state index contributed by atoms with van der Waals surface area (Å²) < 4.78 is 0. The van der Waals surface area contributed by atoms with Crippen LogP contribution in [0.15, 0.2) is 0 Å². The number of piperazine rings is 1. The number of hydrogen-bond donors (Lipinski definition) is 1. The van der Waals surface area contributed by atoms with Gasteiger partial charge < -0.3 is 5.32 Å². The molecule has 0 saturated carbocycles. The zero-order chi connectivity index (χ0) is 14.1. The van der Waals surface area contributed by atoms with Crippen LogP contribution in [-0.2, 0) is 0 Å². The number of nitrogens with one attached hydrogen (secondary N) is 1. The molecule has 2 nitrogen and oxygen atoms in total. The molecule has 1 atom stereocenters. The second kappa shape index (κ2) is 8.97. The molecule has 2 heteroatoms. The highest BCUT2D eigenvalue weighted by Gasteiger charge is 2.31. The van der Waals surface area contributed by atoms with Gasteiger partial charge in [-0.1, -0.05) is 51.9 Å². The SMILES string of the molecule is CCCCCCCCCCN1CC(C)NCC1(C)C. The quantitative estimate of drug-likeness (QED) is 0.631. The lowest BCUT2D eigenvalue weighted by atomic mass is 9.97. The topological polar surface area (TPSA) is 15.3 Å². The fourth-order valence-electron chi connectivity index (χ4n) is 3.01. The Morgan fingerprint density at radius 2 is 1.58 bits per heavy atom. The summed E-state index contributed by atoms with van der Waals surface area (Å²) in [5.74, 6) is 0. The molecule has 1 rings (SSSR count). The third kappa shape index (κ3) is 6.76.